The van der Waals surface area contributed by atoms with Crippen LogP contribution < -0.4 is 10.6 Å². The van der Waals surface area contributed by atoms with Crippen molar-refractivity contribution in [3.8, 4) is 0 Å². The lowest BCUT2D eigenvalue weighted by atomic mass is 9.79. The summed E-state index contributed by atoms with van der Waals surface area (Å²) in [5, 5.41) is 16.3. The number of aliphatic carboxylic acids is 1. The van der Waals surface area contributed by atoms with Crippen LogP contribution in [0.5, 0.6) is 0 Å². The molecule has 0 saturated heterocycles. The van der Waals surface area contributed by atoms with Crippen LogP contribution in [0.15, 0.2) is 0 Å². The first-order valence-electron chi connectivity index (χ1n) is 11.0. The van der Waals surface area contributed by atoms with Crippen LogP contribution in [-0.4, -0.2) is 28.9 Å². The number of rotatable bonds is 5. The van der Waals surface area contributed by atoms with Crippen molar-refractivity contribution in [1.29, 1.82) is 0 Å². The number of nitrogens with one attached hydrogen (secondary N) is 2. The largest absolute Gasteiger partial charge is 0.481 e. The van der Waals surface area contributed by atoms with Crippen molar-refractivity contribution in [3.63, 3.8) is 0 Å². The van der Waals surface area contributed by atoms with Crippen molar-refractivity contribution < 1.29 is 19.5 Å². The molecule has 1 heterocycles. The molecule has 3 aliphatic carbocycles. The fraction of sp³-hybridized carbons (Fsp3) is 0.682. The van der Waals surface area contributed by atoms with Crippen LogP contribution in [-0.2, 0) is 22.4 Å². The Kier molecular flexibility index (Phi) is 6.23. The number of thiophene rings is 1. The van der Waals surface area contributed by atoms with E-state index in [4.69, 9.17) is 0 Å². The summed E-state index contributed by atoms with van der Waals surface area (Å²) in [4.78, 5) is 38.9. The van der Waals surface area contributed by atoms with Crippen LogP contribution in [0.4, 0.5) is 5.00 Å². The summed E-state index contributed by atoms with van der Waals surface area (Å²) in [5.41, 5.74) is 1.71. The van der Waals surface area contributed by atoms with Gasteiger partial charge in [0.25, 0.3) is 5.91 Å². The Balaban J connectivity index is 1.53. The molecule has 7 heteroatoms. The van der Waals surface area contributed by atoms with E-state index in [1.54, 1.807) is 0 Å². The van der Waals surface area contributed by atoms with Crippen molar-refractivity contribution >= 4 is 34.1 Å². The molecule has 2 amide bonds. The number of hydrogen-bond acceptors (Lipinski definition) is 4. The molecule has 1 aromatic heterocycles. The molecule has 3 aliphatic rings. The van der Waals surface area contributed by atoms with Gasteiger partial charge < -0.3 is 15.7 Å². The molecule has 2 atom stereocenters. The summed E-state index contributed by atoms with van der Waals surface area (Å²) in [6.45, 7) is 0. The van der Waals surface area contributed by atoms with E-state index in [-0.39, 0.29) is 17.9 Å². The predicted octanol–water partition coefficient (Wildman–Crippen LogP) is 4.13. The quantitative estimate of drug-likeness (QED) is 0.670. The minimum absolute atomic E-state index is 0.0787. The monoisotopic (exact) mass is 418 g/mol. The molecular formula is C22H30N2O4S. The summed E-state index contributed by atoms with van der Waals surface area (Å²) >= 11 is 1.50. The zero-order valence-corrected chi connectivity index (χ0v) is 17.6. The summed E-state index contributed by atoms with van der Waals surface area (Å²) in [6, 6.07) is 0.214. The third-order valence-electron chi connectivity index (χ3n) is 6.75. The SMILES string of the molecule is O=C(NC1CCCCC1)c1c(NC(=O)[C@H]2CCCC[C@H]2C(=O)O)sc2c1CCC2. The molecule has 2 saturated carbocycles. The number of carboxylic acid groups (broad SMARTS) is 1. The molecule has 2 fully saturated rings. The van der Waals surface area contributed by atoms with Crippen LogP contribution in [0.25, 0.3) is 0 Å². The van der Waals surface area contributed by atoms with Gasteiger partial charge in [0.1, 0.15) is 5.00 Å². The Morgan fingerprint density at radius 2 is 1.55 bits per heavy atom. The second-order valence-corrected chi connectivity index (χ2v) is 9.80. The molecule has 29 heavy (non-hydrogen) atoms. The lowest BCUT2D eigenvalue weighted by molar-refractivity contribution is -0.147. The molecule has 6 nitrogen and oxygen atoms in total. The maximum absolute atomic E-state index is 13.1. The van der Waals surface area contributed by atoms with Gasteiger partial charge in [0.2, 0.25) is 5.91 Å². The van der Waals surface area contributed by atoms with Gasteiger partial charge in [-0.05, 0) is 50.5 Å². The number of carbonyl (C=O) groups is 3. The Bertz CT molecular complexity index is 797. The molecule has 3 N–H and O–H groups in total. The van der Waals surface area contributed by atoms with Gasteiger partial charge >= 0.3 is 5.97 Å². The highest BCUT2D eigenvalue weighted by Gasteiger charge is 2.37. The van der Waals surface area contributed by atoms with Crippen LogP contribution in [0, 0.1) is 11.8 Å². The predicted molar refractivity (Wildman–Crippen MR) is 112 cm³/mol. The number of hydrogen-bond donors (Lipinski definition) is 3. The Morgan fingerprint density at radius 3 is 2.28 bits per heavy atom. The normalized spacial score (nSPS) is 24.7. The maximum Gasteiger partial charge on any atom is 0.307 e. The van der Waals surface area contributed by atoms with Gasteiger partial charge in [-0.3, -0.25) is 14.4 Å². The third kappa shape index (κ3) is 4.34. The van der Waals surface area contributed by atoms with E-state index in [9.17, 15) is 19.5 Å². The maximum atomic E-state index is 13.1. The third-order valence-corrected chi connectivity index (χ3v) is 7.95. The highest BCUT2D eigenvalue weighted by atomic mass is 32.1. The highest BCUT2D eigenvalue weighted by molar-refractivity contribution is 7.17. The summed E-state index contributed by atoms with van der Waals surface area (Å²) in [7, 11) is 0. The van der Waals surface area contributed by atoms with Crippen LogP contribution in [0.1, 0.15) is 85.0 Å². The van der Waals surface area contributed by atoms with E-state index < -0.39 is 17.8 Å². The minimum Gasteiger partial charge on any atom is -0.481 e. The Morgan fingerprint density at radius 1 is 0.862 bits per heavy atom. The summed E-state index contributed by atoms with van der Waals surface area (Å²) in [6.07, 6.45) is 11.3. The molecule has 0 aliphatic heterocycles. The number of carbonyl (C=O) groups excluding carboxylic acids is 2. The molecule has 0 radical (unpaired) electrons. The zero-order chi connectivity index (χ0) is 20.4. The first-order chi connectivity index (χ1) is 14.0. The number of amides is 2. The van der Waals surface area contributed by atoms with Crippen LogP contribution in [0.3, 0.4) is 0 Å². The zero-order valence-electron chi connectivity index (χ0n) is 16.8. The van der Waals surface area contributed by atoms with E-state index in [1.807, 2.05) is 0 Å². The van der Waals surface area contributed by atoms with Crippen LogP contribution >= 0.6 is 11.3 Å². The van der Waals surface area contributed by atoms with Crippen molar-refractivity contribution in [3.05, 3.63) is 16.0 Å². The fourth-order valence-electron chi connectivity index (χ4n) is 5.18. The average molecular weight is 419 g/mol. The lowest BCUT2D eigenvalue weighted by Gasteiger charge is -2.27. The van der Waals surface area contributed by atoms with E-state index in [0.717, 1.165) is 63.4 Å². The van der Waals surface area contributed by atoms with Gasteiger partial charge in [0.15, 0.2) is 0 Å². The lowest BCUT2D eigenvalue weighted by Crippen LogP contribution is -2.38. The molecule has 1 aromatic rings. The molecule has 0 bridgehead atoms. The summed E-state index contributed by atoms with van der Waals surface area (Å²) < 4.78 is 0. The molecule has 4 rings (SSSR count). The molecule has 0 aromatic carbocycles. The standard InChI is InChI=1S/C22H30N2O4S/c25-19(14-9-4-5-10-15(14)22(27)28)24-21-18(16-11-6-12-17(16)29-21)20(26)23-13-7-2-1-3-8-13/h13-15H,1-12H2,(H,23,26)(H,24,25)(H,27,28)/t14-,15+/m0/s1. The summed E-state index contributed by atoms with van der Waals surface area (Å²) in [5.74, 6) is -2.37. The fourth-order valence-corrected chi connectivity index (χ4v) is 6.47. The average Bonchev–Trinajstić information content (AvgIpc) is 3.29. The molecule has 0 unspecified atom stereocenters. The second-order valence-electron chi connectivity index (χ2n) is 8.69. The molecular weight excluding hydrogens is 388 g/mol. The van der Waals surface area contributed by atoms with E-state index >= 15 is 0 Å². The van der Waals surface area contributed by atoms with E-state index in [2.05, 4.69) is 10.6 Å². The van der Waals surface area contributed by atoms with Gasteiger partial charge in [-0.2, -0.15) is 0 Å². The van der Waals surface area contributed by atoms with Crippen molar-refractivity contribution in [2.45, 2.75) is 83.1 Å². The van der Waals surface area contributed by atoms with Gasteiger partial charge in [0, 0.05) is 10.9 Å². The first kappa shape index (κ1) is 20.4. The number of aryl methyl sites for hydroxylation is 1. The highest BCUT2D eigenvalue weighted by Crippen LogP contribution is 2.40. The van der Waals surface area contributed by atoms with Gasteiger partial charge in [0.05, 0.1) is 17.4 Å². The molecule has 158 valence electrons. The minimum atomic E-state index is -0.895. The number of carboxylic acids is 1. The van der Waals surface area contributed by atoms with Crippen molar-refractivity contribution in [2.24, 2.45) is 11.8 Å². The Hall–Kier alpha value is -1.89. The number of fused-ring (bicyclic) bond motifs is 1. The molecule has 0 spiro atoms. The number of anilines is 1. The van der Waals surface area contributed by atoms with Crippen molar-refractivity contribution in [1.82, 2.24) is 5.32 Å². The topological polar surface area (TPSA) is 95.5 Å². The smallest absolute Gasteiger partial charge is 0.307 e. The van der Waals surface area contributed by atoms with Crippen LogP contribution in [0.2, 0.25) is 0 Å². The van der Waals surface area contributed by atoms with Gasteiger partial charge in [-0.25, -0.2) is 0 Å². The van der Waals surface area contributed by atoms with E-state index in [0.29, 0.717) is 23.4 Å². The van der Waals surface area contributed by atoms with Gasteiger partial charge in [-0.15, -0.1) is 11.3 Å². The van der Waals surface area contributed by atoms with E-state index in [1.165, 1.54) is 22.6 Å². The second kappa shape index (κ2) is 8.86. The van der Waals surface area contributed by atoms with Gasteiger partial charge in [-0.1, -0.05) is 32.1 Å². The van der Waals surface area contributed by atoms with Crippen molar-refractivity contribution in [2.75, 3.05) is 5.32 Å². The first-order valence-corrected chi connectivity index (χ1v) is 11.9. The Labute approximate surface area is 175 Å².